The highest BCUT2D eigenvalue weighted by Gasteiger charge is 1.89. The Morgan fingerprint density at radius 2 is 1.82 bits per heavy atom. The van der Waals surface area contributed by atoms with Gasteiger partial charge in [0.25, 0.3) is 0 Å². The maximum Gasteiger partial charge on any atom is 0.327 e. The van der Waals surface area contributed by atoms with Gasteiger partial charge in [0.2, 0.25) is 0 Å². The average Bonchev–Trinajstić information content (AvgIpc) is 1.97. The normalized spacial score (nSPS) is 8.27. The summed E-state index contributed by atoms with van der Waals surface area (Å²) < 4.78 is 15.2. The summed E-state index contributed by atoms with van der Waals surface area (Å²) in [5, 5.41) is 9.18. The second-order valence-electron chi connectivity index (χ2n) is 1.52. The largest absolute Gasteiger partial charge is 0.506 e. The van der Waals surface area contributed by atoms with Gasteiger partial charge in [0, 0.05) is 0 Å². The van der Waals surface area contributed by atoms with Crippen LogP contribution in [0.15, 0.2) is 24.3 Å². The van der Waals surface area contributed by atoms with Crippen LogP contribution in [-0.4, -0.2) is 9.77 Å². The van der Waals surface area contributed by atoms with E-state index < -0.39 is 0 Å². The lowest BCUT2D eigenvalue weighted by atomic mass is 10.3. The summed E-state index contributed by atoms with van der Waals surface area (Å²) in [5.41, 5.74) is 0. The van der Waals surface area contributed by atoms with Gasteiger partial charge in [0.05, 0.1) is 5.02 Å². The molecule has 0 aromatic heterocycles. The summed E-state index contributed by atoms with van der Waals surface area (Å²) in [6.45, 7) is 0. The molecule has 0 aliphatic carbocycles. The van der Waals surface area contributed by atoms with Crippen LogP contribution in [0.5, 0.6) is 5.75 Å². The van der Waals surface area contributed by atoms with Crippen molar-refractivity contribution in [3.63, 3.8) is 0 Å². The van der Waals surface area contributed by atoms with Crippen molar-refractivity contribution in [2.75, 3.05) is 0 Å². The number of para-hydroxylation sites is 1. The molecule has 0 fully saturated rings. The van der Waals surface area contributed by atoms with Crippen molar-refractivity contribution in [2.45, 2.75) is 0 Å². The van der Waals surface area contributed by atoms with E-state index in [1.807, 2.05) is 0 Å². The molecule has 1 aromatic rings. The number of hydrogen-bond donors (Lipinski definition) is 2. The van der Waals surface area contributed by atoms with Gasteiger partial charge in [-0.1, -0.05) is 23.7 Å². The molecule has 0 saturated heterocycles. The van der Waals surface area contributed by atoms with Crippen LogP contribution in [0.2, 0.25) is 5.02 Å². The van der Waals surface area contributed by atoms with E-state index in [2.05, 4.69) is 0 Å². The highest BCUT2D eigenvalue weighted by atomic mass is 35.6. The van der Waals surface area contributed by atoms with E-state index in [1.54, 1.807) is 24.3 Å². The van der Waals surface area contributed by atoms with Crippen molar-refractivity contribution in [2.24, 2.45) is 0 Å². The third-order valence-electron chi connectivity index (χ3n) is 0.852. The molecule has 3 nitrogen and oxygen atoms in total. The smallest absolute Gasteiger partial charge is 0.327 e. The van der Waals surface area contributed by atoms with E-state index in [9.17, 15) is 0 Å². The second kappa shape index (κ2) is 6.24. The second-order valence-corrected chi connectivity index (χ2v) is 2.07. The van der Waals surface area contributed by atoms with Crippen molar-refractivity contribution < 1.29 is 25.7 Å². The topological polar surface area (TPSA) is 63.5 Å². The van der Waals surface area contributed by atoms with Crippen molar-refractivity contribution in [3.8, 4) is 5.75 Å². The van der Waals surface area contributed by atoms with E-state index >= 15 is 0 Å². The molecule has 2 N–H and O–H groups in total. The molecule has 0 bridgehead atoms. The van der Waals surface area contributed by atoms with E-state index in [1.165, 1.54) is 0 Å². The van der Waals surface area contributed by atoms with Gasteiger partial charge in [-0.2, -0.15) is 0 Å². The highest BCUT2D eigenvalue weighted by molar-refractivity contribution is 6.31. The third kappa shape index (κ3) is 4.86. The number of phenols is 1. The van der Waals surface area contributed by atoms with Gasteiger partial charge in [-0.15, -0.1) is 4.66 Å². The molecule has 0 aliphatic rings. The van der Waals surface area contributed by atoms with Crippen LogP contribution in [-0.2, 0) is 0 Å². The quantitative estimate of drug-likeness (QED) is 0.628. The zero-order valence-electron chi connectivity index (χ0n) is 5.37. The molecular weight excluding hydrogens is 191 g/mol. The summed E-state index contributed by atoms with van der Waals surface area (Å²) >= 11 is 5.29. The number of benzene rings is 1. The summed E-state index contributed by atoms with van der Waals surface area (Å²) in [6.07, 6.45) is 0. The number of rotatable bonds is 0. The van der Waals surface area contributed by atoms with Gasteiger partial charge >= 0.3 is 11.3 Å². The zero-order valence-corrected chi connectivity index (χ0v) is 6.88. The minimum absolute atomic E-state index is 0.133. The molecule has 11 heavy (non-hydrogen) atoms. The SMILES string of the molecule is Oc1ccccc1Cl.[O-][Cl+]O. The zero-order chi connectivity index (χ0) is 8.69. The van der Waals surface area contributed by atoms with Gasteiger partial charge in [-0.05, 0) is 12.1 Å². The number of phenolic OH excluding ortho intramolecular Hbond substituents is 1. The molecule has 0 heterocycles. The summed E-state index contributed by atoms with van der Waals surface area (Å²) in [7, 11) is 0. The lowest BCUT2D eigenvalue weighted by molar-refractivity contribution is -1.27. The van der Waals surface area contributed by atoms with E-state index in [0.717, 1.165) is 0 Å². The Morgan fingerprint density at radius 1 is 1.36 bits per heavy atom. The first-order valence-corrected chi connectivity index (χ1v) is 3.59. The monoisotopic (exact) mass is 196 g/mol. The standard InChI is InChI=1S/C6H5ClO.ClHO2/c7-5-3-1-2-4-6(5)8;2-1-3/h1-4,8H;2H. The summed E-state index contributed by atoms with van der Waals surface area (Å²) in [6, 6.07) is 6.67. The van der Waals surface area contributed by atoms with Crippen molar-refractivity contribution in [1.82, 2.24) is 0 Å². The summed E-state index contributed by atoms with van der Waals surface area (Å²) in [5.74, 6) is 0.133. The third-order valence-corrected chi connectivity index (χ3v) is 1.17. The lowest BCUT2D eigenvalue weighted by Crippen LogP contribution is -1.94. The van der Waals surface area contributed by atoms with Gasteiger partial charge < -0.3 is 9.77 Å². The Hall–Kier alpha value is -0.480. The number of aromatic hydroxyl groups is 1. The minimum atomic E-state index is -0.167. The van der Waals surface area contributed by atoms with Crippen molar-refractivity contribution in [1.29, 1.82) is 0 Å². The first kappa shape index (κ1) is 10.5. The summed E-state index contributed by atoms with van der Waals surface area (Å²) in [4.78, 5) is 0. The molecule has 0 spiro atoms. The van der Waals surface area contributed by atoms with Crippen LogP contribution in [0.1, 0.15) is 0 Å². The molecule has 0 unspecified atom stereocenters. The first-order chi connectivity index (χ1) is 5.22. The molecule has 0 aliphatic heterocycles. The molecule has 5 heteroatoms. The molecule has 0 radical (unpaired) electrons. The van der Waals surface area contributed by atoms with Crippen LogP contribution >= 0.6 is 11.6 Å². The van der Waals surface area contributed by atoms with Crippen LogP contribution in [0, 0.1) is 11.3 Å². The average molecular weight is 197 g/mol. The van der Waals surface area contributed by atoms with Crippen LogP contribution in [0.4, 0.5) is 0 Å². The maximum absolute atomic E-state index is 8.79. The van der Waals surface area contributed by atoms with Gasteiger partial charge in [0.15, 0.2) is 0 Å². The Morgan fingerprint density at radius 3 is 2.09 bits per heavy atom. The Balaban J connectivity index is 0.000000292. The van der Waals surface area contributed by atoms with Gasteiger partial charge in [-0.3, -0.25) is 0 Å². The van der Waals surface area contributed by atoms with E-state index in [4.69, 9.17) is 26.0 Å². The highest BCUT2D eigenvalue weighted by Crippen LogP contribution is 2.20. The van der Waals surface area contributed by atoms with Crippen molar-refractivity contribution >= 4 is 11.6 Å². The Kier molecular flexibility index (Phi) is 5.97. The Labute approximate surface area is 72.9 Å². The van der Waals surface area contributed by atoms with E-state index in [0.29, 0.717) is 5.02 Å². The maximum atomic E-state index is 8.79. The predicted octanol–water partition coefficient (Wildman–Crippen LogP) is 0.300. The van der Waals surface area contributed by atoms with Crippen molar-refractivity contribution in [3.05, 3.63) is 29.3 Å². The van der Waals surface area contributed by atoms with Crippen LogP contribution in [0.3, 0.4) is 0 Å². The molecule has 0 amide bonds. The molecule has 1 rings (SSSR count). The number of hydrogen-bond acceptors (Lipinski definition) is 3. The molecule has 0 atom stereocenters. The lowest BCUT2D eigenvalue weighted by Gasteiger charge is -1.89. The van der Waals surface area contributed by atoms with Crippen LogP contribution < -0.4 is 4.66 Å². The fourth-order valence-electron chi connectivity index (χ4n) is 0.452. The minimum Gasteiger partial charge on any atom is -0.506 e. The molecule has 1 aromatic carbocycles. The first-order valence-electron chi connectivity index (χ1n) is 2.56. The molecular formula is C6H6Cl2O3. The van der Waals surface area contributed by atoms with E-state index in [-0.39, 0.29) is 17.1 Å². The van der Waals surface area contributed by atoms with Gasteiger partial charge in [-0.25, -0.2) is 0 Å². The van der Waals surface area contributed by atoms with Gasteiger partial charge in [0.1, 0.15) is 5.75 Å². The molecule has 0 saturated carbocycles. The predicted molar refractivity (Wildman–Crippen MR) is 35.3 cm³/mol. The fraction of sp³-hybridized carbons (Fsp3) is 0. The Bertz CT molecular complexity index is 184. The number of halogens is 2. The fourth-order valence-corrected chi connectivity index (χ4v) is 0.587. The van der Waals surface area contributed by atoms with Crippen LogP contribution in [0.25, 0.3) is 0 Å². The molecule has 62 valence electrons.